The fourth-order valence-corrected chi connectivity index (χ4v) is 3.43. The summed E-state index contributed by atoms with van der Waals surface area (Å²) in [6, 6.07) is 6.77. The number of guanidine groups is 1. The second-order valence-corrected chi connectivity index (χ2v) is 6.33. The average molecular weight is 305 g/mol. The Hall–Kier alpha value is -1.62. The average Bonchev–Trinajstić information content (AvgIpc) is 3.14. The highest BCUT2D eigenvalue weighted by atomic mass is 19.1. The van der Waals surface area contributed by atoms with E-state index in [4.69, 9.17) is 4.74 Å². The number of rotatable bonds is 3. The van der Waals surface area contributed by atoms with Gasteiger partial charge in [0.15, 0.2) is 5.96 Å². The highest BCUT2D eigenvalue weighted by molar-refractivity contribution is 5.80. The number of nitrogens with zero attached hydrogens (tertiary/aromatic N) is 2. The summed E-state index contributed by atoms with van der Waals surface area (Å²) < 4.78 is 18.7. The molecule has 2 fully saturated rings. The third-order valence-corrected chi connectivity index (χ3v) is 4.72. The van der Waals surface area contributed by atoms with Crippen molar-refractivity contribution < 1.29 is 9.13 Å². The van der Waals surface area contributed by atoms with E-state index in [1.54, 1.807) is 12.1 Å². The summed E-state index contributed by atoms with van der Waals surface area (Å²) in [6.07, 6.45) is 3.13. The van der Waals surface area contributed by atoms with Crippen LogP contribution in [0.3, 0.4) is 0 Å². The first kappa shape index (κ1) is 15.3. The van der Waals surface area contributed by atoms with Crippen LogP contribution in [-0.2, 0) is 11.2 Å². The molecule has 0 amide bonds. The van der Waals surface area contributed by atoms with Crippen LogP contribution in [0, 0.1) is 11.2 Å². The van der Waals surface area contributed by atoms with Gasteiger partial charge in [0.2, 0.25) is 0 Å². The van der Waals surface area contributed by atoms with Gasteiger partial charge in [-0.3, -0.25) is 4.99 Å². The Morgan fingerprint density at radius 3 is 3.09 bits per heavy atom. The summed E-state index contributed by atoms with van der Waals surface area (Å²) >= 11 is 0. The molecule has 0 radical (unpaired) electrons. The largest absolute Gasteiger partial charge is 0.381 e. The van der Waals surface area contributed by atoms with Gasteiger partial charge in [-0.05, 0) is 37.0 Å². The van der Waals surface area contributed by atoms with Crippen molar-refractivity contribution in [3.63, 3.8) is 0 Å². The molecule has 0 saturated carbocycles. The fraction of sp³-hybridized carbons (Fsp3) is 0.588. The second kappa shape index (κ2) is 6.65. The predicted octanol–water partition coefficient (Wildman–Crippen LogP) is 2.06. The molecule has 1 aromatic rings. The lowest BCUT2D eigenvalue weighted by molar-refractivity contribution is 0.156. The molecule has 0 bridgehead atoms. The van der Waals surface area contributed by atoms with Gasteiger partial charge in [0, 0.05) is 38.7 Å². The van der Waals surface area contributed by atoms with Crippen LogP contribution >= 0.6 is 0 Å². The zero-order valence-electron chi connectivity index (χ0n) is 13.1. The van der Waals surface area contributed by atoms with Crippen LogP contribution < -0.4 is 5.32 Å². The minimum atomic E-state index is -0.176. The van der Waals surface area contributed by atoms with Crippen molar-refractivity contribution in [3.8, 4) is 0 Å². The number of halogens is 1. The SMILES string of the molecule is CN=C(NCCc1cccc(F)c1)N1CCC2(CCOC2)C1. The molecule has 120 valence electrons. The number of benzene rings is 1. The minimum Gasteiger partial charge on any atom is -0.381 e. The van der Waals surface area contributed by atoms with E-state index in [1.165, 1.54) is 12.5 Å². The molecule has 2 aliphatic heterocycles. The first-order valence-corrected chi connectivity index (χ1v) is 7.99. The molecule has 2 heterocycles. The van der Waals surface area contributed by atoms with Crippen molar-refractivity contribution in [2.24, 2.45) is 10.4 Å². The Balaban J connectivity index is 1.50. The summed E-state index contributed by atoms with van der Waals surface area (Å²) in [5.74, 6) is 0.768. The lowest BCUT2D eigenvalue weighted by atomic mass is 9.87. The molecule has 0 aromatic heterocycles. The Morgan fingerprint density at radius 2 is 2.36 bits per heavy atom. The highest BCUT2D eigenvalue weighted by Gasteiger charge is 2.42. The van der Waals surface area contributed by atoms with Gasteiger partial charge in [-0.2, -0.15) is 0 Å². The Morgan fingerprint density at radius 1 is 1.45 bits per heavy atom. The molecule has 0 aliphatic carbocycles. The molecular weight excluding hydrogens is 281 g/mol. The van der Waals surface area contributed by atoms with Crippen LogP contribution in [0.5, 0.6) is 0 Å². The molecule has 1 aromatic carbocycles. The summed E-state index contributed by atoms with van der Waals surface area (Å²) in [5, 5.41) is 3.40. The van der Waals surface area contributed by atoms with Gasteiger partial charge in [0.25, 0.3) is 0 Å². The van der Waals surface area contributed by atoms with Gasteiger partial charge in [-0.1, -0.05) is 12.1 Å². The standard InChI is InChI=1S/C17H24FN3O/c1-19-16(20-8-5-14-3-2-4-15(18)11-14)21-9-6-17(12-21)7-10-22-13-17/h2-4,11H,5-10,12-13H2,1H3,(H,19,20). The van der Waals surface area contributed by atoms with Gasteiger partial charge in [-0.25, -0.2) is 4.39 Å². The molecule has 5 heteroatoms. The van der Waals surface area contributed by atoms with Crippen LogP contribution in [0.2, 0.25) is 0 Å². The maximum atomic E-state index is 13.2. The molecule has 1 N–H and O–H groups in total. The fourth-order valence-electron chi connectivity index (χ4n) is 3.43. The summed E-state index contributed by atoms with van der Waals surface area (Å²) in [4.78, 5) is 6.71. The molecular formula is C17H24FN3O. The maximum absolute atomic E-state index is 13.2. The van der Waals surface area contributed by atoms with Crippen molar-refractivity contribution in [1.82, 2.24) is 10.2 Å². The number of nitrogens with one attached hydrogen (secondary N) is 1. The van der Waals surface area contributed by atoms with Gasteiger partial charge in [0.1, 0.15) is 5.82 Å². The lowest BCUT2D eigenvalue weighted by Gasteiger charge is -2.25. The summed E-state index contributed by atoms with van der Waals surface area (Å²) in [6.45, 7) is 4.58. The second-order valence-electron chi connectivity index (χ2n) is 6.33. The molecule has 1 unspecified atom stereocenters. The van der Waals surface area contributed by atoms with Crippen molar-refractivity contribution >= 4 is 5.96 Å². The van der Waals surface area contributed by atoms with E-state index in [2.05, 4.69) is 15.2 Å². The van der Waals surface area contributed by atoms with Gasteiger partial charge >= 0.3 is 0 Å². The number of hydrogen-bond donors (Lipinski definition) is 1. The number of hydrogen-bond acceptors (Lipinski definition) is 2. The van der Waals surface area contributed by atoms with E-state index in [0.29, 0.717) is 5.41 Å². The Bertz CT molecular complexity index is 540. The number of aliphatic imine (C=N–C) groups is 1. The van der Waals surface area contributed by atoms with Crippen molar-refractivity contribution in [1.29, 1.82) is 0 Å². The topological polar surface area (TPSA) is 36.9 Å². The number of likely N-dealkylation sites (tertiary alicyclic amines) is 1. The lowest BCUT2D eigenvalue weighted by Crippen LogP contribution is -2.42. The third-order valence-electron chi connectivity index (χ3n) is 4.72. The van der Waals surface area contributed by atoms with Crippen LogP contribution in [0.4, 0.5) is 4.39 Å². The van der Waals surface area contributed by atoms with Crippen LogP contribution in [0.1, 0.15) is 18.4 Å². The smallest absolute Gasteiger partial charge is 0.193 e. The predicted molar refractivity (Wildman–Crippen MR) is 85.5 cm³/mol. The van der Waals surface area contributed by atoms with E-state index >= 15 is 0 Å². The van der Waals surface area contributed by atoms with Gasteiger partial charge in [-0.15, -0.1) is 0 Å². The Labute approximate surface area is 131 Å². The van der Waals surface area contributed by atoms with E-state index in [9.17, 15) is 4.39 Å². The normalized spacial score (nSPS) is 25.2. The first-order chi connectivity index (χ1) is 10.7. The van der Waals surface area contributed by atoms with Gasteiger partial charge < -0.3 is 15.0 Å². The zero-order valence-corrected chi connectivity index (χ0v) is 13.1. The van der Waals surface area contributed by atoms with Gasteiger partial charge in [0.05, 0.1) is 6.61 Å². The first-order valence-electron chi connectivity index (χ1n) is 7.99. The Kier molecular flexibility index (Phi) is 4.62. The molecule has 4 nitrogen and oxygen atoms in total. The van der Waals surface area contributed by atoms with Crippen molar-refractivity contribution in [2.45, 2.75) is 19.3 Å². The molecule has 1 atom stereocenters. The van der Waals surface area contributed by atoms with E-state index in [1.807, 2.05) is 13.1 Å². The summed E-state index contributed by atoms with van der Waals surface area (Å²) in [7, 11) is 1.82. The summed E-state index contributed by atoms with van der Waals surface area (Å²) in [5.41, 5.74) is 1.34. The third kappa shape index (κ3) is 3.40. The van der Waals surface area contributed by atoms with Crippen LogP contribution in [-0.4, -0.2) is 50.8 Å². The van der Waals surface area contributed by atoms with Crippen LogP contribution in [0.15, 0.2) is 29.3 Å². The number of ether oxygens (including phenoxy) is 1. The molecule has 22 heavy (non-hydrogen) atoms. The maximum Gasteiger partial charge on any atom is 0.193 e. The van der Waals surface area contributed by atoms with E-state index in [0.717, 1.165) is 57.2 Å². The van der Waals surface area contributed by atoms with Crippen molar-refractivity contribution in [2.75, 3.05) is 39.9 Å². The zero-order chi connectivity index (χ0) is 15.4. The molecule has 1 spiro atoms. The highest BCUT2D eigenvalue weighted by Crippen LogP contribution is 2.38. The van der Waals surface area contributed by atoms with Crippen LogP contribution in [0.25, 0.3) is 0 Å². The monoisotopic (exact) mass is 305 g/mol. The molecule has 2 saturated heterocycles. The van der Waals surface area contributed by atoms with E-state index in [-0.39, 0.29) is 5.82 Å². The van der Waals surface area contributed by atoms with Crippen molar-refractivity contribution in [3.05, 3.63) is 35.6 Å². The quantitative estimate of drug-likeness (QED) is 0.686. The minimum absolute atomic E-state index is 0.176. The molecule has 2 aliphatic rings. The molecule has 3 rings (SSSR count). The van der Waals surface area contributed by atoms with E-state index < -0.39 is 0 Å².